The Morgan fingerprint density at radius 1 is 1.30 bits per heavy atom. The van der Waals surface area contributed by atoms with Gasteiger partial charge in [0.15, 0.2) is 5.84 Å². The second-order valence-electron chi connectivity index (χ2n) is 5.92. The Hall–Kier alpha value is -2.74. The molecular weight excluding hydrogens is 359 g/mol. The van der Waals surface area contributed by atoms with Crippen LogP contribution in [0.5, 0.6) is 5.75 Å². The van der Waals surface area contributed by atoms with E-state index in [9.17, 15) is 13.2 Å². The number of morpholine rings is 1. The maximum Gasteiger partial charge on any atom is 0.573 e. The minimum absolute atomic E-state index is 0.270. The summed E-state index contributed by atoms with van der Waals surface area (Å²) in [7, 11) is 0. The number of hydrogen-bond acceptors (Lipinski definition) is 5. The summed E-state index contributed by atoms with van der Waals surface area (Å²) in [6.07, 6.45) is 0.460. The van der Waals surface area contributed by atoms with Crippen molar-refractivity contribution >= 4 is 11.5 Å². The molecule has 1 fully saturated rings. The summed E-state index contributed by atoms with van der Waals surface area (Å²) in [5, 5.41) is 0. The van der Waals surface area contributed by atoms with E-state index >= 15 is 0 Å². The van der Waals surface area contributed by atoms with E-state index in [1.54, 1.807) is 18.5 Å². The van der Waals surface area contributed by atoms with E-state index in [0.717, 1.165) is 5.84 Å². The molecular formula is C19H20F3N3O2. The number of halogens is 3. The van der Waals surface area contributed by atoms with Gasteiger partial charge >= 0.3 is 6.36 Å². The molecule has 2 aliphatic heterocycles. The molecule has 27 heavy (non-hydrogen) atoms. The fraction of sp³-hybridized carbons (Fsp3) is 0.316. The molecule has 0 bridgehead atoms. The summed E-state index contributed by atoms with van der Waals surface area (Å²) in [6, 6.07) is 5.86. The third-order valence-electron chi connectivity index (χ3n) is 4.17. The van der Waals surface area contributed by atoms with Crippen molar-refractivity contribution < 1.29 is 22.6 Å². The Balaban J connectivity index is 1.84. The summed E-state index contributed by atoms with van der Waals surface area (Å²) in [5.74, 6) is 0.455. The minimum atomic E-state index is -4.74. The first-order valence-electron chi connectivity index (χ1n) is 8.47. The van der Waals surface area contributed by atoms with E-state index in [1.165, 1.54) is 18.2 Å². The number of rotatable bonds is 3. The van der Waals surface area contributed by atoms with Crippen molar-refractivity contribution in [1.82, 2.24) is 9.80 Å². The minimum Gasteiger partial charge on any atom is -0.406 e. The van der Waals surface area contributed by atoms with Crippen molar-refractivity contribution in [2.24, 2.45) is 4.99 Å². The van der Waals surface area contributed by atoms with Gasteiger partial charge in [-0.1, -0.05) is 24.8 Å². The molecule has 0 aromatic heterocycles. The van der Waals surface area contributed by atoms with Gasteiger partial charge < -0.3 is 19.3 Å². The maximum absolute atomic E-state index is 12.5. The normalized spacial score (nSPS) is 18.6. The van der Waals surface area contributed by atoms with Crippen LogP contribution in [-0.2, 0) is 4.74 Å². The Bertz CT molecular complexity index is 794. The van der Waals surface area contributed by atoms with E-state index in [2.05, 4.69) is 21.2 Å². The fourth-order valence-corrected chi connectivity index (χ4v) is 3.01. The first kappa shape index (κ1) is 19.0. The lowest BCUT2D eigenvalue weighted by Gasteiger charge is -2.36. The van der Waals surface area contributed by atoms with Crippen molar-refractivity contribution in [2.45, 2.75) is 13.3 Å². The molecule has 0 N–H and O–H groups in total. The van der Waals surface area contributed by atoms with Crippen LogP contribution in [-0.4, -0.2) is 48.3 Å². The highest BCUT2D eigenvalue weighted by molar-refractivity contribution is 6.00. The molecule has 1 saturated heterocycles. The molecule has 5 nitrogen and oxygen atoms in total. The van der Waals surface area contributed by atoms with Gasteiger partial charge in [-0.3, -0.25) is 0 Å². The number of ether oxygens (including phenoxy) is 2. The van der Waals surface area contributed by atoms with Crippen LogP contribution in [0.15, 0.2) is 60.0 Å². The fourth-order valence-electron chi connectivity index (χ4n) is 3.01. The van der Waals surface area contributed by atoms with Gasteiger partial charge in [-0.05, 0) is 19.1 Å². The van der Waals surface area contributed by atoms with Crippen LogP contribution in [0.25, 0.3) is 5.70 Å². The maximum atomic E-state index is 12.5. The smallest absolute Gasteiger partial charge is 0.406 e. The zero-order valence-corrected chi connectivity index (χ0v) is 14.9. The van der Waals surface area contributed by atoms with Crippen LogP contribution >= 0.6 is 0 Å². The summed E-state index contributed by atoms with van der Waals surface area (Å²) in [4.78, 5) is 8.32. The Morgan fingerprint density at radius 3 is 2.70 bits per heavy atom. The lowest BCUT2D eigenvalue weighted by molar-refractivity contribution is -0.274. The van der Waals surface area contributed by atoms with E-state index < -0.39 is 6.36 Å². The molecule has 3 rings (SSSR count). The highest BCUT2D eigenvalue weighted by atomic mass is 19.4. The zero-order chi connectivity index (χ0) is 19.4. The van der Waals surface area contributed by atoms with Crippen LogP contribution in [0.1, 0.15) is 12.5 Å². The van der Waals surface area contributed by atoms with Gasteiger partial charge in [-0.15, -0.1) is 13.2 Å². The molecule has 0 unspecified atom stereocenters. The van der Waals surface area contributed by atoms with Gasteiger partial charge in [-0.25, -0.2) is 4.99 Å². The predicted octanol–water partition coefficient (Wildman–Crippen LogP) is 3.98. The van der Waals surface area contributed by atoms with Gasteiger partial charge in [0.2, 0.25) is 0 Å². The van der Waals surface area contributed by atoms with Crippen LogP contribution in [0.2, 0.25) is 0 Å². The van der Waals surface area contributed by atoms with Crippen molar-refractivity contribution in [1.29, 1.82) is 0 Å². The molecule has 2 aliphatic rings. The largest absolute Gasteiger partial charge is 0.573 e. The summed E-state index contributed by atoms with van der Waals surface area (Å²) < 4.78 is 47.0. The van der Waals surface area contributed by atoms with Gasteiger partial charge in [0.25, 0.3) is 0 Å². The molecule has 1 aromatic carbocycles. The summed E-state index contributed by atoms with van der Waals surface area (Å²) in [6.45, 7) is 8.60. The molecule has 8 heteroatoms. The van der Waals surface area contributed by atoms with E-state index in [1.807, 2.05) is 17.9 Å². The third-order valence-corrected chi connectivity index (χ3v) is 4.17. The van der Waals surface area contributed by atoms with Gasteiger partial charge in [0.05, 0.1) is 18.9 Å². The van der Waals surface area contributed by atoms with Gasteiger partial charge in [0, 0.05) is 36.7 Å². The number of hydrogen-bond donors (Lipinski definition) is 0. The number of nitrogens with zero attached hydrogens (tertiary/aromatic N) is 3. The van der Waals surface area contributed by atoms with Gasteiger partial charge in [0.1, 0.15) is 5.75 Å². The predicted molar refractivity (Wildman–Crippen MR) is 96.7 cm³/mol. The average molecular weight is 379 g/mol. The molecule has 1 aromatic rings. The SMILES string of the molecule is C=C1C(N2CCOCC2)=NC=CN1/C(=C\C)c1cccc(OC(F)(F)F)c1. The lowest BCUT2D eigenvalue weighted by Crippen LogP contribution is -2.44. The highest BCUT2D eigenvalue weighted by Gasteiger charge is 2.31. The van der Waals surface area contributed by atoms with Crippen molar-refractivity contribution in [2.75, 3.05) is 26.3 Å². The number of aliphatic imine (C=N–C) groups is 1. The first-order valence-corrected chi connectivity index (χ1v) is 8.47. The molecule has 0 atom stereocenters. The molecule has 144 valence electrons. The summed E-state index contributed by atoms with van der Waals surface area (Å²) in [5.41, 5.74) is 1.91. The number of allylic oxidation sites excluding steroid dienone is 1. The molecule has 2 heterocycles. The molecule has 0 saturated carbocycles. The van der Waals surface area contributed by atoms with Crippen molar-refractivity contribution in [3.63, 3.8) is 0 Å². The first-order chi connectivity index (χ1) is 12.9. The van der Waals surface area contributed by atoms with Crippen LogP contribution < -0.4 is 4.74 Å². The number of benzene rings is 1. The molecule has 0 amide bonds. The van der Waals surface area contributed by atoms with Crippen LogP contribution in [0.4, 0.5) is 13.2 Å². The number of alkyl halides is 3. The van der Waals surface area contributed by atoms with Gasteiger partial charge in [-0.2, -0.15) is 0 Å². The zero-order valence-electron chi connectivity index (χ0n) is 14.9. The second kappa shape index (κ2) is 7.87. The van der Waals surface area contributed by atoms with Crippen molar-refractivity contribution in [3.8, 4) is 5.75 Å². The van der Waals surface area contributed by atoms with Crippen LogP contribution in [0.3, 0.4) is 0 Å². The van der Waals surface area contributed by atoms with E-state index in [-0.39, 0.29) is 5.75 Å². The van der Waals surface area contributed by atoms with E-state index in [4.69, 9.17) is 4.74 Å². The molecule has 0 radical (unpaired) electrons. The Morgan fingerprint density at radius 2 is 2.04 bits per heavy atom. The monoisotopic (exact) mass is 379 g/mol. The number of amidine groups is 1. The van der Waals surface area contributed by atoms with E-state index in [0.29, 0.717) is 43.3 Å². The van der Waals surface area contributed by atoms with Crippen molar-refractivity contribution in [3.05, 3.63) is 60.6 Å². The standard InChI is InChI=1S/C19H20F3N3O2/c1-3-17(15-5-4-6-16(13-15)27-19(20,21)22)25-8-7-23-18(14(25)2)24-9-11-26-12-10-24/h3-8,13H,2,9-12H2,1H3/b17-3-. The Labute approximate surface area is 155 Å². The Kier molecular flexibility index (Phi) is 5.55. The lowest BCUT2D eigenvalue weighted by atomic mass is 10.1. The molecule has 0 spiro atoms. The quantitative estimate of drug-likeness (QED) is 0.796. The molecule has 0 aliphatic carbocycles. The second-order valence-corrected chi connectivity index (χ2v) is 5.92. The average Bonchev–Trinajstić information content (AvgIpc) is 2.63. The summed E-state index contributed by atoms with van der Waals surface area (Å²) >= 11 is 0. The third kappa shape index (κ3) is 4.51. The highest BCUT2D eigenvalue weighted by Crippen LogP contribution is 2.31. The topological polar surface area (TPSA) is 37.3 Å². The van der Waals surface area contributed by atoms with Crippen LogP contribution in [0, 0.1) is 0 Å².